The molecular weight excluding hydrogens is 360 g/mol. The van der Waals surface area contributed by atoms with Gasteiger partial charge in [0, 0.05) is 25.7 Å². The Balaban J connectivity index is 1.68. The molecule has 0 saturated heterocycles. The van der Waals surface area contributed by atoms with Gasteiger partial charge < -0.3 is 4.90 Å². The Morgan fingerprint density at radius 2 is 1.89 bits per heavy atom. The first-order chi connectivity index (χ1) is 12.8. The molecule has 27 heavy (non-hydrogen) atoms. The summed E-state index contributed by atoms with van der Waals surface area (Å²) in [6.07, 6.45) is 2.37. The largest absolute Gasteiger partial charge is 0.309 e. The topological polar surface area (TPSA) is 57.7 Å². The van der Waals surface area contributed by atoms with Crippen LogP contribution in [0.5, 0.6) is 0 Å². The first-order valence-corrected chi connectivity index (χ1v) is 10.7. The van der Waals surface area contributed by atoms with Crippen LogP contribution in [0.4, 0.5) is 5.69 Å². The maximum absolute atomic E-state index is 13.3. The Morgan fingerprint density at radius 3 is 2.63 bits per heavy atom. The van der Waals surface area contributed by atoms with Gasteiger partial charge in [-0.1, -0.05) is 24.3 Å². The molecule has 142 valence electrons. The van der Waals surface area contributed by atoms with E-state index in [-0.39, 0.29) is 18.0 Å². The Bertz CT molecular complexity index is 1020. The predicted octanol–water partition coefficient (Wildman–Crippen LogP) is 3.29. The summed E-state index contributed by atoms with van der Waals surface area (Å²) in [4.78, 5) is 13.9. The van der Waals surface area contributed by atoms with Crippen molar-refractivity contribution in [3.8, 4) is 0 Å². The fraction of sp³-hybridized carbons (Fsp3) is 0.381. The molecule has 1 amide bonds. The monoisotopic (exact) mass is 384 g/mol. The smallest absolute Gasteiger partial charge is 0.243 e. The van der Waals surface area contributed by atoms with Crippen LogP contribution >= 0.6 is 0 Å². The lowest BCUT2D eigenvalue weighted by Gasteiger charge is -2.25. The van der Waals surface area contributed by atoms with E-state index in [2.05, 4.69) is 6.07 Å². The van der Waals surface area contributed by atoms with Crippen LogP contribution in [0.3, 0.4) is 0 Å². The summed E-state index contributed by atoms with van der Waals surface area (Å²) in [5, 5.41) is 0. The van der Waals surface area contributed by atoms with E-state index < -0.39 is 10.0 Å². The molecule has 1 aliphatic heterocycles. The minimum absolute atomic E-state index is 0.0171. The second kappa shape index (κ2) is 6.46. The van der Waals surface area contributed by atoms with Crippen molar-refractivity contribution in [1.82, 2.24) is 4.31 Å². The van der Waals surface area contributed by atoms with Crippen LogP contribution in [0.2, 0.25) is 0 Å². The highest BCUT2D eigenvalue weighted by Crippen LogP contribution is 2.39. The molecule has 5 nitrogen and oxygen atoms in total. The van der Waals surface area contributed by atoms with Crippen molar-refractivity contribution in [1.29, 1.82) is 0 Å². The van der Waals surface area contributed by atoms with Crippen LogP contribution in [0.1, 0.15) is 43.0 Å². The third kappa shape index (κ3) is 2.87. The number of nitrogens with zero attached hydrogens (tertiary/aromatic N) is 2. The normalized spacial score (nSPS) is 21.4. The third-order valence-corrected chi connectivity index (χ3v) is 7.69. The van der Waals surface area contributed by atoms with Crippen molar-refractivity contribution in [3.63, 3.8) is 0 Å². The predicted molar refractivity (Wildman–Crippen MR) is 105 cm³/mol. The van der Waals surface area contributed by atoms with Gasteiger partial charge in [0.15, 0.2) is 0 Å². The average Bonchev–Trinajstić information content (AvgIpc) is 3.20. The van der Waals surface area contributed by atoms with Crippen molar-refractivity contribution in [2.24, 2.45) is 0 Å². The lowest BCUT2D eigenvalue weighted by Crippen LogP contribution is -2.33. The fourth-order valence-electron chi connectivity index (χ4n) is 4.49. The number of carbonyl (C=O) groups excluding carboxylic acids is 1. The molecular formula is C21H24N2O3S. The van der Waals surface area contributed by atoms with Gasteiger partial charge in [-0.2, -0.15) is 4.31 Å². The van der Waals surface area contributed by atoms with Crippen molar-refractivity contribution in [2.75, 3.05) is 11.9 Å². The molecule has 2 atom stereocenters. The van der Waals surface area contributed by atoms with E-state index in [4.69, 9.17) is 0 Å². The van der Waals surface area contributed by atoms with Gasteiger partial charge in [0.1, 0.15) is 0 Å². The summed E-state index contributed by atoms with van der Waals surface area (Å²) < 4.78 is 28.0. The van der Waals surface area contributed by atoms with E-state index in [9.17, 15) is 13.2 Å². The van der Waals surface area contributed by atoms with Crippen molar-refractivity contribution in [3.05, 3.63) is 59.2 Å². The zero-order chi connectivity index (χ0) is 19.3. The Kier molecular flexibility index (Phi) is 4.35. The number of fused-ring (bicyclic) bond motifs is 2. The molecule has 1 aliphatic carbocycles. The molecule has 0 radical (unpaired) electrons. The Morgan fingerprint density at radius 1 is 1.15 bits per heavy atom. The molecule has 2 aromatic carbocycles. The zero-order valence-electron chi connectivity index (χ0n) is 15.8. The van der Waals surface area contributed by atoms with Gasteiger partial charge in [0.2, 0.25) is 15.9 Å². The first kappa shape index (κ1) is 18.2. The molecule has 0 bridgehead atoms. The number of benzene rings is 2. The summed E-state index contributed by atoms with van der Waals surface area (Å²) in [5.74, 6) is -0.0171. The van der Waals surface area contributed by atoms with Gasteiger partial charge in [-0.25, -0.2) is 8.42 Å². The van der Waals surface area contributed by atoms with E-state index in [1.165, 1.54) is 9.87 Å². The number of hydrogen-bond acceptors (Lipinski definition) is 3. The van der Waals surface area contributed by atoms with Crippen LogP contribution in [0.15, 0.2) is 47.4 Å². The van der Waals surface area contributed by atoms with Crippen LogP contribution in [0, 0.1) is 0 Å². The van der Waals surface area contributed by atoms with E-state index in [1.54, 1.807) is 37.1 Å². The molecule has 0 fully saturated rings. The standard InChI is InChI=1S/C21H24N2O3S/c1-14-12-17-13-18(9-11-20(17)23(14)15(2)24)27(25,26)22(3)21-10-8-16-6-4-5-7-19(16)21/h4-7,9,11,13-14,21H,8,10,12H2,1-3H3. The van der Waals surface area contributed by atoms with Gasteiger partial charge in [0.25, 0.3) is 0 Å². The summed E-state index contributed by atoms with van der Waals surface area (Å²) in [6.45, 7) is 3.53. The van der Waals surface area contributed by atoms with E-state index >= 15 is 0 Å². The lowest BCUT2D eigenvalue weighted by molar-refractivity contribution is -0.116. The number of rotatable bonds is 3. The number of aryl methyl sites for hydroxylation is 1. The number of amides is 1. The number of carbonyl (C=O) groups is 1. The molecule has 0 N–H and O–H groups in total. The van der Waals surface area contributed by atoms with E-state index in [0.717, 1.165) is 29.7 Å². The zero-order valence-corrected chi connectivity index (χ0v) is 16.7. The average molecular weight is 385 g/mol. The maximum Gasteiger partial charge on any atom is 0.243 e. The Hall–Kier alpha value is -2.18. The lowest BCUT2D eigenvalue weighted by atomic mass is 10.1. The molecule has 0 spiro atoms. The summed E-state index contributed by atoms with van der Waals surface area (Å²) in [7, 11) is -1.95. The highest BCUT2D eigenvalue weighted by Gasteiger charge is 2.35. The van der Waals surface area contributed by atoms with Crippen LogP contribution < -0.4 is 4.90 Å². The van der Waals surface area contributed by atoms with Crippen LogP contribution in [-0.2, 0) is 27.7 Å². The number of sulfonamides is 1. The summed E-state index contributed by atoms with van der Waals surface area (Å²) in [6, 6.07) is 13.1. The third-order valence-electron chi connectivity index (χ3n) is 5.82. The highest BCUT2D eigenvalue weighted by atomic mass is 32.2. The summed E-state index contributed by atoms with van der Waals surface area (Å²) in [5.41, 5.74) is 4.06. The second-order valence-electron chi connectivity index (χ2n) is 7.51. The summed E-state index contributed by atoms with van der Waals surface area (Å²) >= 11 is 0. The number of hydrogen-bond donors (Lipinski definition) is 0. The minimum atomic E-state index is -3.61. The second-order valence-corrected chi connectivity index (χ2v) is 9.50. The highest BCUT2D eigenvalue weighted by molar-refractivity contribution is 7.89. The van der Waals surface area contributed by atoms with E-state index in [1.807, 2.05) is 25.1 Å². The molecule has 2 unspecified atom stereocenters. The molecule has 2 aliphatic rings. The molecule has 2 aromatic rings. The molecule has 1 heterocycles. The van der Waals surface area contributed by atoms with Crippen molar-refractivity contribution < 1.29 is 13.2 Å². The minimum Gasteiger partial charge on any atom is -0.309 e. The van der Waals surface area contributed by atoms with Crippen LogP contribution in [0.25, 0.3) is 0 Å². The first-order valence-electron chi connectivity index (χ1n) is 9.29. The molecule has 4 rings (SSSR count). The van der Waals surface area contributed by atoms with Crippen molar-refractivity contribution in [2.45, 2.75) is 50.1 Å². The van der Waals surface area contributed by atoms with Crippen LogP contribution in [-0.4, -0.2) is 31.7 Å². The SMILES string of the molecule is CC(=O)N1c2ccc(S(=O)(=O)N(C)C3CCc4ccccc43)cc2CC1C. The van der Waals surface area contributed by atoms with Gasteiger partial charge in [-0.3, -0.25) is 4.79 Å². The molecule has 0 aromatic heterocycles. The molecule has 0 saturated carbocycles. The van der Waals surface area contributed by atoms with E-state index in [0.29, 0.717) is 11.3 Å². The van der Waals surface area contributed by atoms with Gasteiger partial charge >= 0.3 is 0 Å². The number of anilines is 1. The van der Waals surface area contributed by atoms with Crippen molar-refractivity contribution >= 4 is 21.6 Å². The van der Waals surface area contributed by atoms with Gasteiger partial charge in [0.05, 0.1) is 10.9 Å². The fourth-order valence-corrected chi connectivity index (χ4v) is 5.91. The maximum atomic E-state index is 13.3. The van der Waals surface area contributed by atoms with Gasteiger partial charge in [-0.15, -0.1) is 0 Å². The Labute approximate surface area is 160 Å². The van der Waals surface area contributed by atoms with Gasteiger partial charge in [-0.05, 0) is 61.1 Å². The quantitative estimate of drug-likeness (QED) is 0.816. The molecule has 6 heteroatoms.